The molecule has 0 fully saturated rings. The second kappa shape index (κ2) is 4.85. The Morgan fingerprint density at radius 1 is 1.33 bits per heavy atom. The molecule has 96 valence electrons. The molecule has 0 saturated carbocycles. The summed E-state index contributed by atoms with van der Waals surface area (Å²) in [7, 11) is 0. The Bertz CT molecular complexity index is 539. The molecule has 0 aliphatic rings. The average Bonchev–Trinajstić information content (AvgIpc) is 2.72. The minimum absolute atomic E-state index is 0.101. The van der Waals surface area contributed by atoms with Crippen LogP contribution < -0.4 is 10.5 Å². The van der Waals surface area contributed by atoms with E-state index >= 15 is 0 Å². The number of alkyl halides is 3. The van der Waals surface area contributed by atoms with Crippen molar-refractivity contribution in [2.45, 2.75) is 12.8 Å². The van der Waals surface area contributed by atoms with Crippen LogP contribution in [0.5, 0.6) is 5.75 Å². The predicted molar refractivity (Wildman–Crippen MR) is 62.3 cm³/mol. The lowest BCUT2D eigenvalue weighted by molar-refractivity contribution is -0.137. The normalized spacial score (nSPS) is 11.5. The van der Waals surface area contributed by atoms with E-state index in [2.05, 4.69) is 4.37 Å². The van der Waals surface area contributed by atoms with Crippen molar-refractivity contribution in [3.05, 3.63) is 41.6 Å². The van der Waals surface area contributed by atoms with Gasteiger partial charge < -0.3 is 10.5 Å². The summed E-state index contributed by atoms with van der Waals surface area (Å²) < 4.78 is 46.5. The summed E-state index contributed by atoms with van der Waals surface area (Å²) in [4.78, 5) is 0. The molecule has 0 bridgehead atoms. The SMILES string of the molecule is Nc1sncc1COc1cccc(C(F)(F)F)c1. The number of halogens is 3. The van der Waals surface area contributed by atoms with E-state index in [0.717, 1.165) is 23.7 Å². The number of ether oxygens (including phenoxy) is 1. The number of hydrogen-bond donors (Lipinski definition) is 1. The fraction of sp³-hybridized carbons (Fsp3) is 0.182. The van der Waals surface area contributed by atoms with Crippen LogP contribution in [-0.4, -0.2) is 4.37 Å². The third-order valence-corrected chi connectivity index (χ3v) is 2.90. The topological polar surface area (TPSA) is 48.1 Å². The van der Waals surface area contributed by atoms with Gasteiger partial charge in [-0.3, -0.25) is 0 Å². The second-order valence-corrected chi connectivity index (χ2v) is 4.36. The first-order valence-electron chi connectivity index (χ1n) is 4.96. The largest absolute Gasteiger partial charge is 0.489 e. The van der Waals surface area contributed by atoms with Gasteiger partial charge in [0.15, 0.2) is 0 Å². The van der Waals surface area contributed by atoms with Crippen molar-refractivity contribution in [1.29, 1.82) is 0 Å². The van der Waals surface area contributed by atoms with E-state index in [9.17, 15) is 13.2 Å². The highest BCUT2D eigenvalue weighted by atomic mass is 32.1. The summed E-state index contributed by atoms with van der Waals surface area (Å²) in [6.45, 7) is 0.101. The van der Waals surface area contributed by atoms with E-state index in [0.29, 0.717) is 10.6 Å². The molecular formula is C11H9F3N2OS. The van der Waals surface area contributed by atoms with Gasteiger partial charge in [-0.1, -0.05) is 6.07 Å². The molecule has 0 unspecified atom stereocenters. The third-order valence-electron chi connectivity index (χ3n) is 2.23. The molecule has 18 heavy (non-hydrogen) atoms. The summed E-state index contributed by atoms with van der Waals surface area (Å²) in [5.74, 6) is 0.149. The lowest BCUT2D eigenvalue weighted by Gasteiger charge is -2.09. The summed E-state index contributed by atoms with van der Waals surface area (Å²) in [6.07, 6.45) is -2.84. The van der Waals surface area contributed by atoms with Crippen molar-refractivity contribution < 1.29 is 17.9 Å². The first-order chi connectivity index (χ1) is 8.47. The van der Waals surface area contributed by atoms with Crippen LogP contribution >= 0.6 is 11.5 Å². The van der Waals surface area contributed by atoms with Gasteiger partial charge in [0.2, 0.25) is 0 Å². The van der Waals surface area contributed by atoms with Gasteiger partial charge in [0.1, 0.15) is 17.4 Å². The van der Waals surface area contributed by atoms with Crippen LogP contribution in [-0.2, 0) is 12.8 Å². The predicted octanol–water partition coefficient (Wildman–Crippen LogP) is 3.32. The van der Waals surface area contributed by atoms with Gasteiger partial charge >= 0.3 is 6.18 Å². The molecular weight excluding hydrogens is 265 g/mol. The average molecular weight is 274 g/mol. The van der Waals surface area contributed by atoms with Crippen LogP contribution in [0.25, 0.3) is 0 Å². The first kappa shape index (κ1) is 12.7. The highest BCUT2D eigenvalue weighted by Gasteiger charge is 2.30. The molecule has 0 amide bonds. The Morgan fingerprint density at radius 2 is 2.11 bits per heavy atom. The molecule has 0 radical (unpaired) electrons. The standard InChI is InChI=1S/C11H9F3N2OS/c12-11(13,14)8-2-1-3-9(4-8)17-6-7-5-16-18-10(7)15/h1-5H,6,15H2. The summed E-state index contributed by atoms with van der Waals surface area (Å²) in [5.41, 5.74) is 5.52. The number of anilines is 1. The van der Waals surface area contributed by atoms with Gasteiger partial charge in [0, 0.05) is 11.8 Å². The van der Waals surface area contributed by atoms with Crippen molar-refractivity contribution in [3.63, 3.8) is 0 Å². The highest BCUT2D eigenvalue weighted by Crippen LogP contribution is 2.31. The molecule has 2 rings (SSSR count). The quantitative estimate of drug-likeness (QED) is 0.934. The van der Waals surface area contributed by atoms with E-state index in [4.69, 9.17) is 10.5 Å². The lowest BCUT2D eigenvalue weighted by Crippen LogP contribution is -2.05. The summed E-state index contributed by atoms with van der Waals surface area (Å²) in [5, 5.41) is 0.502. The Hall–Kier alpha value is -1.76. The van der Waals surface area contributed by atoms with Crippen LogP contribution in [0, 0.1) is 0 Å². The van der Waals surface area contributed by atoms with E-state index in [1.165, 1.54) is 18.3 Å². The van der Waals surface area contributed by atoms with Gasteiger partial charge in [-0.25, -0.2) is 0 Å². The number of nitrogens with two attached hydrogens (primary N) is 1. The van der Waals surface area contributed by atoms with Gasteiger partial charge in [-0.2, -0.15) is 17.5 Å². The Morgan fingerprint density at radius 3 is 2.72 bits per heavy atom. The van der Waals surface area contributed by atoms with Crippen LogP contribution in [0.1, 0.15) is 11.1 Å². The first-order valence-corrected chi connectivity index (χ1v) is 5.73. The molecule has 0 aliphatic carbocycles. The minimum atomic E-state index is -4.37. The summed E-state index contributed by atoms with van der Waals surface area (Å²) >= 11 is 1.11. The van der Waals surface area contributed by atoms with Crippen LogP contribution in [0.2, 0.25) is 0 Å². The molecule has 2 N–H and O–H groups in total. The van der Waals surface area contributed by atoms with Gasteiger partial charge in [-0.05, 0) is 29.7 Å². The van der Waals surface area contributed by atoms with Gasteiger partial charge in [0.05, 0.1) is 5.56 Å². The van der Waals surface area contributed by atoms with Crippen molar-refractivity contribution in [1.82, 2.24) is 4.37 Å². The van der Waals surface area contributed by atoms with E-state index in [-0.39, 0.29) is 12.4 Å². The second-order valence-electron chi connectivity index (χ2n) is 3.53. The molecule has 0 aliphatic heterocycles. The fourth-order valence-electron chi connectivity index (χ4n) is 1.30. The molecule has 2 aromatic rings. The monoisotopic (exact) mass is 274 g/mol. The summed E-state index contributed by atoms with van der Waals surface area (Å²) in [6, 6.07) is 4.71. The molecule has 0 spiro atoms. The molecule has 0 saturated heterocycles. The minimum Gasteiger partial charge on any atom is -0.489 e. The maximum Gasteiger partial charge on any atom is 0.416 e. The number of benzene rings is 1. The molecule has 3 nitrogen and oxygen atoms in total. The van der Waals surface area contributed by atoms with Gasteiger partial charge in [0.25, 0.3) is 0 Å². The molecule has 1 heterocycles. The smallest absolute Gasteiger partial charge is 0.416 e. The lowest BCUT2D eigenvalue weighted by atomic mass is 10.2. The maximum atomic E-state index is 12.5. The molecule has 1 aromatic heterocycles. The molecule has 0 atom stereocenters. The van der Waals surface area contributed by atoms with Crippen LogP contribution in [0.4, 0.5) is 18.2 Å². The van der Waals surface area contributed by atoms with Crippen molar-refractivity contribution in [3.8, 4) is 5.75 Å². The number of hydrogen-bond acceptors (Lipinski definition) is 4. The maximum absolute atomic E-state index is 12.5. The zero-order chi connectivity index (χ0) is 13.2. The van der Waals surface area contributed by atoms with Crippen LogP contribution in [0.15, 0.2) is 30.5 Å². The van der Waals surface area contributed by atoms with E-state index in [1.54, 1.807) is 0 Å². The number of aromatic nitrogens is 1. The van der Waals surface area contributed by atoms with Crippen molar-refractivity contribution in [2.75, 3.05) is 5.73 Å². The van der Waals surface area contributed by atoms with Crippen LogP contribution in [0.3, 0.4) is 0 Å². The number of nitrogens with zero attached hydrogens (tertiary/aromatic N) is 1. The number of nitrogen functional groups attached to an aromatic ring is 1. The van der Waals surface area contributed by atoms with E-state index in [1.807, 2.05) is 0 Å². The molecule has 7 heteroatoms. The number of rotatable bonds is 3. The third kappa shape index (κ3) is 2.92. The Balaban J connectivity index is 2.09. The molecule has 1 aromatic carbocycles. The van der Waals surface area contributed by atoms with Crippen molar-refractivity contribution >= 4 is 16.5 Å². The zero-order valence-corrected chi connectivity index (χ0v) is 9.89. The Labute approximate surface area is 105 Å². The van der Waals surface area contributed by atoms with Gasteiger partial charge in [-0.15, -0.1) is 0 Å². The van der Waals surface area contributed by atoms with Crippen molar-refractivity contribution in [2.24, 2.45) is 0 Å². The fourth-order valence-corrected chi connectivity index (χ4v) is 1.82. The Kier molecular flexibility index (Phi) is 3.42. The highest BCUT2D eigenvalue weighted by molar-refractivity contribution is 7.10. The zero-order valence-electron chi connectivity index (χ0n) is 9.07. The van der Waals surface area contributed by atoms with E-state index < -0.39 is 11.7 Å².